The van der Waals surface area contributed by atoms with Crippen molar-refractivity contribution in [3.05, 3.63) is 29.8 Å². The third kappa shape index (κ3) is 3.39. The number of carbonyl (C=O) groups excluding carboxylic acids is 1. The molecule has 1 aromatic carbocycles. The highest BCUT2D eigenvalue weighted by Gasteiger charge is 2.11. The van der Waals surface area contributed by atoms with Gasteiger partial charge in [0.05, 0.1) is 12.5 Å². The molecule has 0 aliphatic rings. The molecule has 6 heteroatoms. The summed E-state index contributed by atoms with van der Waals surface area (Å²) in [6, 6.07) is 7.84. The van der Waals surface area contributed by atoms with E-state index in [9.17, 15) is 4.79 Å². The van der Waals surface area contributed by atoms with Crippen molar-refractivity contribution >= 4 is 18.5 Å². The summed E-state index contributed by atoms with van der Waals surface area (Å²) in [6.07, 6.45) is 0.263. The summed E-state index contributed by atoms with van der Waals surface area (Å²) in [6.45, 7) is 0.305. The normalized spacial score (nSPS) is 9.31. The van der Waals surface area contributed by atoms with Gasteiger partial charge in [0.1, 0.15) is 0 Å². The van der Waals surface area contributed by atoms with Gasteiger partial charge in [0.15, 0.2) is 0 Å². The van der Waals surface area contributed by atoms with Crippen LogP contribution < -0.4 is 10.8 Å². The van der Waals surface area contributed by atoms with Gasteiger partial charge in [-0.2, -0.15) is 5.26 Å². The molecule has 0 atom stereocenters. The molecule has 1 aromatic rings. The minimum Gasteiger partial charge on any atom is -0.423 e. The smallest absolute Gasteiger partial charge is 0.423 e. The zero-order valence-electron chi connectivity index (χ0n) is 8.55. The summed E-state index contributed by atoms with van der Waals surface area (Å²) >= 11 is 0. The Morgan fingerprint density at radius 2 is 2.00 bits per heavy atom. The number of benzene rings is 1. The lowest BCUT2D eigenvalue weighted by Crippen LogP contribution is -2.30. The van der Waals surface area contributed by atoms with Crippen LogP contribution in [0.2, 0.25) is 0 Å². The van der Waals surface area contributed by atoms with Gasteiger partial charge in [-0.15, -0.1) is 0 Å². The Morgan fingerprint density at radius 3 is 2.50 bits per heavy atom. The maximum absolute atomic E-state index is 11.5. The standard InChI is InChI=1S/C10H11BN2O3/c12-6-1-7-13-10(14)8-2-4-9(5-3-8)11(15)16/h2-5,15-16H,1,7H2,(H,13,14). The molecule has 0 aromatic heterocycles. The molecule has 0 saturated carbocycles. The second kappa shape index (κ2) is 5.90. The molecule has 82 valence electrons. The highest BCUT2D eigenvalue weighted by Crippen LogP contribution is 1.97. The number of hydrogen-bond donors (Lipinski definition) is 3. The third-order valence-electron chi connectivity index (χ3n) is 1.99. The first kappa shape index (κ1) is 12.2. The SMILES string of the molecule is N#CCCNC(=O)c1ccc(B(O)O)cc1. The van der Waals surface area contributed by atoms with Crippen molar-refractivity contribution < 1.29 is 14.8 Å². The molecular formula is C10H11BN2O3. The lowest BCUT2D eigenvalue weighted by molar-refractivity contribution is 0.0954. The summed E-state index contributed by atoms with van der Waals surface area (Å²) in [7, 11) is -1.53. The van der Waals surface area contributed by atoms with Crippen molar-refractivity contribution in [1.82, 2.24) is 5.32 Å². The summed E-state index contributed by atoms with van der Waals surface area (Å²) in [5.41, 5.74) is 0.746. The fourth-order valence-electron chi connectivity index (χ4n) is 1.14. The maximum Gasteiger partial charge on any atom is 0.488 e. The topological polar surface area (TPSA) is 93.4 Å². The monoisotopic (exact) mass is 218 g/mol. The average molecular weight is 218 g/mol. The van der Waals surface area contributed by atoms with E-state index in [1.807, 2.05) is 6.07 Å². The molecule has 1 rings (SSSR count). The molecule has 0 aliphatic carbocycles. The van der Waals surface area contributed by atoms with Gasteiger partial charge >= 0.3 is 7.12 Å². The zero-order valence-corrected chi connectivity index (χ0v) is 8.55. The summed E-state index contributed by atoms with van der Waals surface area (Å²) in [4.78, 5) is 11.5. The van der Waals surface area contributed by atoms with Crippen LogP contribution in [0.4, 0.5) is 0 Å². The number of rotatable bonds is 4. The van der Waals surface area contributed by atoms with Crippen LogP contribution in [-0.2, 0) is 0 Å². The second-order valence-electron chi connectivity index (χ2n) is 3.16. The Labute approximate surface area is 93.5 Å². The number of nitriles is 1. The van der Waals surface area contributed by atoms with Crippen LogP contribution >= 0.6 is 0 Å². The van der Waals surface area contributed by atoms with E-state index in [1.54, 1.807) is 0 Å². The molecule has 0 saturated heterocycles. The van der Waals surface area contributed by atoms with E-state index in [0.717, 1.165) is 0 Å². The van der Waals surface area contributed by atoms with Gasteiger partial charge in [-0.05, 0) is 17.6 Å². The van der Waals surface area contributed by atoms with Gasteiger partial charge in [0.25, 0.3) is 5.91 Å². The van der Waals surface area contributed by atoms with Gasteiger partial charge in [-0.1, -0.05) is 12.1 Å². The Morgan fingerprint density at radius 1 is 1.38 bits per heavy atom. The van der Waals surface area contributed by atoms with E-state index in [0.29, 0.717) is 17.6 Å². The van der Waals surface area contributed by atoms with Crippen LogP contribution in [-0.4, -0.2) is 29.6 Å². The first-order valence-corrected chi connectivity index (χ1v) is 4.76. The lowest BCUT2D eigenvalue weighted by atomic mass is 9.80. The minimum absolute atomic E-state index is 0.263. The van der Waals surface area contributed by atoms with Gasteiger partial charge < -0.3 is 15.4 Å². The molecule has 5 nitrogen and oxygen atoms in total. The van der Waals surface area contributed by atoms with E-state index in [4.69, 9.17) is 15.3 Å². The maximum atomic E-state index is 11.5. The van der Waals surface area contributed by atoms with Crippen LogP contribution in [0.15, 0.2) is 24.3 Å². The third-order valence-corrected chi connectivity index (χ3v) is 1.99. The molecule has 0 spiro atoms. The van der Waals surface area contributed by atoms with E-state index in [1.165, 1.54) is 24.3 Å². The van der Waals surface area contributed by atoms with E-state index in [-0.39, 0.29) is 12.3 Å². The second-order valence-corrected chi connectivity index (χ2v) is 3.16. The van der Waals surface area contributed by atoms with Gasteiger partial charge in [0, 0.05) is 12.1 Å². The molecule has 0 radical (unpaired) electrons. The number of amides is 1. The van der Waals surface area contributed by atoms with Crippen molar-refractivity contribution in [3.8, 4) is 6.07 Å². The van der Waals surface area contributed by atoms with Crippen LogP contribution in [0.3, 0.4) is 0 Å². The molecule has 0 unspecified atom stereocenters. The van der Waals surface area contributed by atoms with Crippen molar-refractivity contribution in [2.45, 2.75) is 6.42 Å². The predicted octanol–water partition coefficient (Wildman–Crippen LogP) is -0.990. The number of nitrogens with one attached hydrogen (secondary N) is 1. The van der Waals surface area contributed by atoms with Gasteiger partial charge in [0.2, 0.25) is 0 Å². The molecule has 1 amide bonds. The average Bonchev–Trinajstić information content (AvgIpc) is 2.29. The quantitative estimate of drug-likeness (QED) is 0.446. The Balaban J connectivity index is 2.60. The number of carbonyl (C=O) groups is 1. The molecule has 3 N–H and O–H groups in total. The Bertz CT molecular complexity index is 398. The van der Waals surface area contributed by atoms with Crippen molar-refractivity contribution in [1.29, 1.82) is 5.26 Å². The summed E-state index contributed by atoms with van der Waals surface area (Å²) < 4.78 is 0. The first-order chi connectivity index (χ1) is 7.65. The fourth-order valence-corrected chi connectivity index (χ4v) is 1.14. The molecule has 0 heterocycles. The molecular weight excluding hydrogens is 207 g/mol. The van der Waals surface area contributed by atoms with Crippen molar-refractivity contribution in [2.24, 2.45) is 0 Å². The summed E-state index contributed by atoms with van der Waals surface area (Å²) in [5, 5.41) is 28.5. The molecule has 0 aliphatic heterocycles. The van der Waals surface area contributed by atoms with Crippen molar-refractivity contribution in [2.75, 3.05) is 6.54 Å². The zero-order chi connectivity index (χ0) is 12.0. The molecule has 16 heavy (non-hydrogen) atoms. The highest BCUT2D eigenvalue weighted by molar-refractivity contribution is 6.58. The van der Waals surface area contributed by atoms with Crippen LogP contribution in [0.5, 0.6) is 0 Å². The van der Waals surface area contributed by atoms with Crippen LogP contribution in [0, 0.1) is 11.3 Å². The van der Waals surface area contributed by atoms with E-state index >= 15 is 0 Å². The number of hydrogen-bond acceptors (Lipinski definition) is 4. The van der Waals surface area contributed by atoms with Crippen LogP contribution in [0.1, 0.15) is 16.8 Å². The predicted molar refractivity (Wildman–Crippen MR) is 58.8 cm³/mol. The fraction of sp³-hybridized carbons (Fsp3) is 0.200. The van der Waals surface area contributed by atoms with E-state index in [2.05, 4.69) is 5.32 Å². The largest absolute Gasteiger partial charge is 0.488 e. The number of nitrogens with zero attached hydrogens (tertiary/aromatic N) is 1. The highest BCUT2D eigenvalue weighted by atomic mass is 16.4. The van der Waals surface area contributed by atoms with Crippen LogP contribution in [0.25, 0.3) is 0 Å². The van der Waals surface area contributed by atoms with Gasteiger partial charge in [-0.25, -0.2) is 0 Å². The van der Waals surface area contributed by atoms with Gasteiger partial charge in [-0.3, -0.25) is 4.79 Å². The summed E-state index contributed by atoms with van der Waals surface area (Å²) in [5.74, 6) is -0.283. The van der Waals surface area contributed by atoms with E-state index < -0.39 is 7.12 Å². The van der Waals surface area contributed by atoms with Crippen molar-refractivity contribution in [3.63, 3.8) is 0 Å². The molecule has 0 bridgehead atoms. The minimum atomic E-state index is -1.53. The Kier molecular flexibility index (Phi) is 4.52. The first-order valence-electron chi connectivity index (χ1n) is 4.76. The molecule has 0 fully saturated rings. The Hall–Kier alpha value is -1.84. The lowest BCUT2D eigenvalue weighted by Gasteiger charge is -2.04.